The minimum Gasteiger partial charge on any atom is -0.377 e. The normalized spacial score (nSPS) is 17.1. The van der Waals surface area contributed by atoms with E-state index in [2.05, 4.69) is 13.3 Å². The summed E-state index contributed by atoms with van der Waals surface area (Å²) in [7, 11) is -3.74. The minimum atomic E-state index is -10.4. The van der Waals surface area contributed by atoms with Crippen molar-refractivity contribution >= 4 is 8.80 Å². The van der Waals surface area contributed by atoms with Gasteiger partial charge in [-0.15, -0.1) is 0 Å². The molecule has 0 bridgehead atoms. The van der Waals surface area contributed by atoms with Gasteiger partial charge in [0.1, 0.15) is 0 Å². The van der Waals surface area contributed by atoms with Gasteiger partial charge >= 0.3 is 116 Å². The quantitative estimate of drug-likeness (QED) is 0.0799. The molecule has 64 heavy (non-hydrogen) atoms. The van der Waals surface area contributed by atoms with Gasteiger partial charge in [0, 0.05) is 33.8 Å². The maximum atomic E-state index is 14.2. The first-order valence-corrected chi connectivity index (χ1v) is 16.2. The molecule has 0 N–H and O–H groups in total. The van der Waals surface area contributed by atoms with Gasteiger partial charge in [-0.05, 0) is 0 Å². The van der Waals surface area contributed by atoms with Crippen LogP contribution in [-0.4, -0.2) is 137 Å². The average molecular weight is 1070 g/mol. The second-order valence-corrected chi connectivity index (χ2v) is 15.3. The first kappa shape index (κ1) is 61.5. The molecule has 0 saturated carbocycles. The Kier molecular flexibility index (Phi) is 15.2. The van der Waals surface area contributed by atoms with E-state index in [0.717, 1.165) is 0 Å². The summed E-state index contributed by atoms with van der Waals surface area (Å²) in [6, 6.07) is -2.07. The van der Waals surface area contributed by atoms with E-state index in [-0.39, 0.29) is 0 Å². The fourth-order valence-corrected chi connectivity index (χ4v) is 5.92. The summed E-state index contributed by atoms with van der Waals surface area (Å²) >= 11 is 0. The molecule has 0 spiro atoms. The van der Waals surface area contributed by atoms with Crippen LogP contribution in [0.1, 0.15) is 6.42 Å². The Hall–Kier alpha value is -2.49. The highest BCUT2D eigenvalue weighted by Gasteiger charge is 3.02. The molecule has 41 heteroatoms. The maximum absolute atomic E-state index is 14.2. The number of alkyl halides is 37. The highest BCUT2D eigenvalue weighted by atomic mass is 28.4. The lowest BCUT2D eigenvalue weighted by Crippen LogP contribution is -2.80. The average Bonchev–Trinajstić information content (AvgIpc) is 3.10. The maximum Gasteiger partial charge on any atom is 0.500 e. The second kappa shape index (κ2) is 15.8. The van der Waals surface area contributed by atoms with Crippen LogP contribution in [0.15, 0.2) is 0 Å². The number of hydrogen-bond donors (Lipinski definition) is 0. The molecule has 0 atom stereocenters. The van der Waals surface area contributed by atoms with Crippen LogP contribution in [-0.2, 0) is 13.3 Å². The molecule has 0 radical (unpaired) electrons. The van der Waals surface area contributed by atoms with Gasteiger partial charge in [0.05, 0.1) is 0 Å². The van der Waals surface area contributed by atoms with Gasteiger partial charge in [-0.2, -0.15) is 162 Å². The van der Waals surface area contributed by atoms with Crippen molar-refractivity contribution in [1.82, 2.24) is 0 Å². The summed E-state index contributed by atoms with van der Waals surface area (Å²) in [5.74, 6) is -166. The Morgan fingerprint density at radius 2 is 0.375 bits per heavy atom. The van der Waals surface area contributed by atoms with Gasteiger partial charge in [-0.1, -0.05) is 0 Å². The molecule has 3 nitrogen and oxygen atoms in total. The Bertz CT molecular complexity index is 1630. The zero-order valence-electron chi connectivity index (χ0n) is 29.1. The molecule has 0 amide bonds. The van der Waals surface area contributed by atoms with Gasteiger partial charge in [-0.3, -0.25) is 0 Å². The number of halogens is 37. The minimum absolute atomic E-state index is 0.375. The van der Waals surface area contributed by atoms with E-state index in [1.54, 1.807) is 0 Å². The Morgan fingerprint density at radius 3 is 0.516 bits per heavy atom. The molecular formula is C23H13F37O3Si. The molecule has 0 heterocycles. The molecule has 0 aromatic heterocycles. The lowest BCUT2D eigenvalue weighted by molar-refractivity contribution is -0.493. The molecule has 0 aliphatic rings. The predicted octanol–water partition coefficient (Wildman–Crippen LogP) is 12.6. The zero-order valence-corrected chi connectivity index (χ0v) is 30.1. The smallest absolute Gasteiger partial charge is 0.377 e. The Morgan fingerprint density at radius 1 is 0.234 bits per heavy atom. The molecule has 0 unspecified atom stereocenters. The van der Waals surface area contributed by atoms with E-state index >= 15 is 0 Å². The van der Waals surface area contributed by atoms with Crippen LogP contribution in [0.25, 0.3) is 0 Å². The van der Waals surface area contributed by atoms with Gasteiger partial charge in [0.15, 0.2) is 0 Å². The topological polar surface area (TPSA) is 27.7 Å². The standard InChI is InChI=1S/C23H13F37O3Si/c1-61-64(62-2,63-3)5-4-6(24,25)7(26,27)8(28,29)9(30,31)10(32,33)11(34,35)12(36,37)13(38,39)14(40,41)15(42,43)16(44,45)17(46,47)18(48,49)19(50,51)20(52,53)21(54,55)22(56,57)23(58,59)60/h4-5H2,1-3H3. The molecule has 0 fully saturated rings. The summed E-state index contributed by atoms with van der Waals surface area (Å²) in [5.41, 5.74) is 0. The van der Waals surface area contributed by atoms with Crippen molar-refractivity contribution in [3.8, 4) is 0 Å². The summed E-state index contributed by atoms with van der Waals surface area (Å²) in [4.78, 5) is 0. The van der Waals surface area contributed by atoms with Crippen molar-refractivity contribution in [3.63, 3.8) is 0 Å². The van der Waals surface area contributed by atoms with E-state index in [4.69, 9.17) is 0 Å². The van der Waals surface area contributed by atoms with Crippen molar-refractivity contribution in [3.05, 3.63) is 0 Å². The Balaban J connectivity index is 7.81. The zero-order chi connectivity index (χ0) is 53.0. The third-order valence-corrected chi connectivity index (χ3v) is 11.1. The van der Waals surface area contributed by atoms with Crippen molar-refractivity contribution in [1.29, 1.82) is 0 Å². The summed E-state index contributed by atoms with van der Waals surface area (Å²) in [6.45, 7) is 0. The molecule has 0 aromatic rings. The molecule has 386 valence electrons. The van der Waals surface area contributed by atoms with Gasteiger partial charge in [0.2, 0.25) is 0 Å². The van der Waals surface area contributed by atoms with Crippen molar-refractivity contribution in [2.45, 2.75) is 119 Å². The fourth-order valence-electron chi connectivity index (χ4n) is 4.19. The van der Waals surface area contributed by atoms with Gasteiger partial charge in [0.25, 0.3) is 0 Å². The highest BCUT2D eigenvalue weighted by molar-refractivity contribution is 6.60. The van der Waals surface area contributed by atoms with E-state index in [1.165, 1.54) is 0 Å². The van der Waals surface area contributed by atoms with E-state index in [1.807, 2.05) is 0 Å². The molecule has 0 aliphatic carbocycles. The molecule has 0 rings (SSSR count). The van der Waals surface area contributed by atoms with Crippen LogP contribution in [0.3, 0.4) is 0 Å². The third kappa shape index (κ3) is 7.35. The van der Waals surface area contributed by atoms with Crippen molar-refractivity contribution < 1.29 is 176 Å². The fraction of sp³-hybridized carbons (Fsp3) is 1.00. The Labute approximate surface area is 326 Å². The first-order valence-electron chi connectivity index (χ1n) is 14.3. The lowest BCUT2D eigenvalue weighted by Gasteiger charge is -2.47. The van der Waals surface area contributed by atoms with E-state index < -0.39 is 128 Å². The van der Waals surface area contributed by atoms with Crippen molar-refractivity contribution in [2.75, 3.05) is 21.3 Å². The first-order chi connectivity index (χ1) is 27.1. The van der Waals surface area contributed by atoms with E-state index in [0.29, 0.717) is 21.3 Å². The van der Waals surface area contributed by atoms with Crippen LogP contribution >= 0.6 is 0 Å². The highest BCUT2D eigenvalue weighted by Crippen LogP contribution is 2.70. The summed E-state index contributed by atoms with van der Waals surface area (Å²) < 4.78 is 522. The molecule has 0 aromatic carbocycles. The predicted molar refractivity (Wildman–Crippen MR) is 126 cm³/mol. The monoisotopic (exact) mass is 1070 g/mol. The SMILES string of the molecule is CO[Si](CCC(F)(F)C(F)(F)C(F)(F)C(F)(F)C(F)(F)C(F)(F)C(F)(F)C(F)(F)C(F)(F)C(F)(F)C(F)(F)C(F)(F)C(F)(F)C(F)(F)C(F)(F)C(F)(F)C(F)(F)C(F)(F)F)(OC)OC. The van der Waals surface area contributed by atoms with Crippen LogP contribution in [0.2, 0.25) is 6.04 Å². The number of hydrogen-bond acceptors (Lipinski definition) is 3. The van der Waals surface area contributed by atoms with E-state index in [9.17, 15) is 162 Å². The van der Waals surface area contributed by atoms with Crippen molar-refractivity contribution in [2.24, 2.45) is 0 Å². The molecule has 0 saturated heterocycles. The summed E-state index contributed by atoms with van der Waals surface area (Å²) in [5, 5.41) is 0. The third-order valence-electron chi connectivity index (χ3n) is 8.41. The van der Waals surface area contributed by atoms with Crippen LogP contribution in [0.5, 0.6) is 0 Å². The van der Waals surface area contributed by atoms with Gasteiger partial charge in [-0.25, -0.2) is 0 Å². The largest absolute Gasteiger partial charge is 0.500 e. The molecule has 0 aliphatic heterocycles. The van der Waals surface area contributed by atoms with Gasteiger partial charge < -0.3 is 13.3 Å². The van der Waals surface area contributed by atoms with Crippen LogP contribution < -0.4 is 0 Å². The summed E-state index contributed by atoms with van der Waals surface area (Å²) in [6.07, 6.45) is -11.7. The second-order valence-electron chi connectivity index (χ2n) is 12.2. The molecular weight excluding hydrogens is 1060 g/mol. The van der Waals surface area contributed by atoms with Crippen LogP contribution in [0.4, 0.5) is 162 Å². The lowest BCUT2D eigenvalue weighted by atomic mass is 9.82. The van der Waals surface area contributed by atoms with Crippen LogP contribution in [0, 0.1) is 0 Å². The number of rotatable bonds is 22.